The molecule has 0 rings (SSSR count). The molecule has 0 radical (unpaired) electrons. The van der Waals surface area contributed by atoms with Crippen LogP contribution in [0, 0.1) is 11.8 Å². The second kappa shape index (κ2) is 11.5. The van der Waals surface area contributed by atoms with Crippen LogP contribution in [0.25, 0.3) is 0 Å². The topological polar surface area (TPSA) is 0 Å². The van der Waals surface area contributed by atoms with Crippen molar-refractivity contribution in [3.63, 3.8) is 0 Å². The third-order valence-corrected chi connectivity index (χ3v) is 3.80. The number of hydrogen-bond donors (Lipinski definition) is 0. The van der Waals surface area contributed by atoms with Gasteiger partial charge in [-0.15, -0.1) is 0 Å². The van der Waals surface area contributed by atoms with Gasteiger partial charge in [0.1, 0.15) is 0 Å². The minimum absolute atomic E-state index is 0.930. The van der Waals surface area contributed by atoms with Gasteiger partial charge in [0.2, 0.25) is 0 Å². The van der Waals surface area contributed by atoms with Crippen LogP contribution in [0.2, 0.25) is 0 Å². The Morgan fingerprint density at radius 3 is 1.81 bits per heavy atom. The molecule has 0 aliphatic rings. The fraction of sp³-hybridized carbons (Fsp3) is 1.00. The van der Waals surface area contributed by atoms with E-state index in [9.17, 15) is 0 Å². The zero-order valence-corrected chi connectivity index (χ0v) is 12.2. The van der Waals surface area contributed by atoms with Crippen molar-refractivity contribution >= 4 is 0 Å². The summed E-state index contributed by atoms with van der Waals surface area (Å²) in [4.78, 5) is 0. The van der Waals surface area contributed by atoms with Crippen molar-refractivity contribution in [3.05, 3.63) is 0 Å². The molecule has 0 fully saturated rings. The lowest BCUT2D eigenvalue weighted by Crippen LogP contribution is -2.02. The highest BCUT2D eigenvalue weighted by molar-refractivity contribution is 4.59. The van der Waals surface area contributed by atoms with Crippen LogP contribution >= 0.6 is 0 Å². The first-order valence-corrected chi connectivity index (χ1v) is 7.70. The molecule has 0 heterocycles. The Morgan fingerprint density at radius 1 is 0.688 bits per heavy atom. The molecule has 0 aliphatic carbocycles. The molecule has 0 saturated heterocycles. The van der Waals surface area contributed by atoms with Crippen molar-refractivity contribution in [2.24, 2.45) is 11.8 Å². The molecule has 0 amide bonds. The van der Waals surface area contributed by atoms with Crippen molar-refractivity contribution < 1.29 is 0 Å². The van der Waals surface area contributed by atoms with Gasteiger partial charge in [0.25, 0.3) is 0 Å². The Morgan fingerprint density at radius 2 is 1.25 bits per heavy atom. The molecule has 0 saturated carbocycles. The lowest BCUT2D eigenvalue weighted by atomic mass is 9.91. The Kier molecular flexibility index (Phi) is 11.5. The van der Waals surface area contributed by atoms with Crippen LogP contribution in [0.5, 0.6) is 0 Å². The van der Waals surface area contributed by atoms with Gasteiger partial charge in [0.05, 0.1) is 0 Å². The van der Waals surface area contributed by atoms with Crippen molar-refractivity contribution in [2.75, 3.05) is 0 Å². The summed E-state index contributed by atoms with van der Waals surface area (Å²) in [6, 6.07) is 0. The lowest BCUT2D eigenvalue weighted by molar-refractivity contribution is 0.374. The molecule has 0 aromatic heterocycles. The average molecular weight is 226 g/mol. The zero-order valence-electron chi connectivity index (χ0n) is 12.2. The lowest BCUT2D eigenvalue weighted by Gasteiger charge is -2.15. The van der Waals surface area contributed by atoms with Crippen LogP contribution in [0.15, 0.2) is 0 Å². The molecule has 0 N–H and O–H groups in total. The monoisotopic (exact) mass is 226 g/mol. The van der Waals surface area contributed by atoms with E-state index in [2.05, 4.69) is 27.7 Å². The standard InChI is InChI=1S/C16H34/c1-5-7-8-9-10-11-12-13-16(4)14-15(3)6-2/h15-16H,5-14H2,1-4H3. The maximum Gasteiger partial charge on any atom is -0.0440 e. The van der Waals surface area contributed by atoms with E-state index >= 15 is 0 Å². The van der Waals surface area contributed by atoms with Gasteiger partial charge in [-0.3, -0.25) is 0 Å². The maximum absolute atomic E-state index is 2.43. The molecule has 0 heteroatoms. The maximum atomic E-state index is 2.43. The summed E-state index contributed by atoms with van der Waals surface area (Å²) in [5.41, 5.74) is 0. The summed E-state index contributed by atoms with van der Waals surface area (Å²) in [6.07, 6.45) is 14.4. The summed E-state index contributed by atoms with van der Waals surface area (Å²) >= 11 is 0. The third-order valence-electron chi connectivity index (χ3n) is 3.80. The summed E-state index contributed by atoms with van der Waals surface area (Å²) in [7, 11) is 0. The van der Waals surface area contributed by atoms with E-state index < -0.39 is 0 Å². The van der Waals surface area contributed by atoms with E-state index in [0.717, 1.165) is 11.8 Å². The van der Waals surface area contributed by atoms with E-state index in [0.29, 0.717) is 0 Å². The molecule has 0 bridgehead atoms. The number of rotatable bonds is 11. The second-order valence-corrected chi connectivity index (χ2v) is 5.76. The smallest absolute Gasteiger partial charge is 0.0440 e. The first-order chi connectivity index (χ1) is 7.70. The highest BCUT2D eigenvalue weighted by Crippen LogP contribution is 2.20. The molecule has 98 valence electrons. The summed E-state index contributed by atoms with van der Waals surface area (Å²) in [5, 5.41) is 0. The minimum Gasteiger partial charge on any atom is -0.0654 e. The fourth-order valence-electron chi connectivity index (χ4n) is 2.42. The van der Waals surface area contributed by atoms with Gasteiger partial charge in [-0.2, -0.15) is 0 Å². The first-order valence-electron chi connectivity index (χ1n) is 7.70. The van der Waals surface area contributed by atoms with Gasteiger partial charge in [-0.1, -0.05) is 85.5 Å². The van der Waals surface area contributed by atoms with E-state index in [1.807, 2.05) is 0 Å². The normalized spacial score (nSPS) is 15.0. The highest BCUT2D eigenvalue weighted by Gasteiger charge is 2.06. The van der Waals surface area contributed by atoms with Crippen LogP contribution < -0.4 is 0 Å². The van der Waals surface area contributed by atoms with E-state index in [4.69, 9.17) is 0 Å². The Labute approximate surface area is 104 Å². The Bertz CT molecular complexity index is 128. The van der Waals surface area contributed by atoms with E-state index in [-0.39, 0.29) is 0 Å². The summed E-state index contributed by atoms with van der Waals surface area (Å²) in [6.45, 7) is 9.42. The molecule has 2 unspecified atom stereocenters. The van der Waals surface area contributed by atoms with Crippen molar-refractivity contribution in [1.29, 1.82) is 0 Å². The average Bonchev–Trinajstić information content (AvgIpc) is 2.27. The van der Waals surface area contributed by atoms with Crippen LogP contribution in [-0.2, 0) is 0 Å². The predicted molar refractivity (Wildman–Crippen MR) is 75.8 cm³/mol. The molecule has 0 aliphatic heterocycles. The van der Waals surface area contributed by atoms with Gasteiger partial charge >= 0.3 is 0 Å². The minimum atomic E-state index is 0.930. The van der Waals surface area contributed by atoms with Crippen LogP contribution in [0.1, 0.15) is 91.9 Å². The van der Waals surface area contributed by atoms with Crippen molar-refractivity contribution in [1.82, 2.24) is 0 Å². The fourth-order valence-corrected chi connectivity index (χ4v) is 2.42. The molecule has 0 spiro atoms. The number of unbranched alkanes of at least 4 members (excludes halogenated alkanes) is 6. The summed E-state index contributed by atoms with van der Waals surface area (Å²) < 4.78 is 0. The summed E-state index contributed by atoms with van der Waals surface area (Å²) in [5.74, 6) is 1.88. The molecular weight excluding hydrogens is 192 g/mol. The first kappa shape index (κ1) is 16.0. The van der Waals surface area contributed by atoms with Gasteiger partial charge in [-0.25, -0.2) is 0 Å². The van der Waals surface area contributed by atoms with E-state index in [1.54, 1.807) is 0 Å². The SMILES string of the molecule is CCCCCCCCCC(C)CC(C)CC. The van der Waals surface area contributed by atoms with Gasteiger partial charge in [0.15, 0.2) is 0 Å². The van der Waals surface area contributed by atoms with Gasteiger partial charge in [-0.05, 0) is 18.3 Å². The third kappa shape index (κ3) is 10.5. The molecule has 0 nitrogen and oxygen atoms in total. The molecule has 2 atom stereocenters. The Balaban J connectivity index is 3.18. The van der Waals surface area contributed by atoms with Crippen LogP contribution in [0.3, 0.4) is 0 Å². The number of hydrogen-bond acceptors (Lipinski definition) is 0. The van der Waals surface area contributed by atoms with Crippen LogP contribution in [0.4, 0.5) is 0 Å². The van der Waals surface area contributed by atoms with E-state index in [1.165, 1.54) is 64.2 Å². The molecule has 0 aromatic rings. The quantitative estimate of drug-likeness (QED) is 0.368. The van der Waals surface area contributed by atoms with Gasteiger partial charge < -0.3 is 0 Å². The zero-order chi connectivity index (χ0) is 12.2. The largest absolute Gasteiger partial charge is 0.0654 e. The van der Waals surface area contributed by atoms with Crippen molar-refractivity contribution in [2.45, 2.75) is 91.9 Å². The van der Waals surface area contributed by atoms with Crippen molar-refractivity contribution in [3.8, 4) is 0 Å². The van der Waals surface area contributed by atoms with Crippen LogP contribution in [-0.4, -0.2) is 0 Å². The molecular formula is C16H34. The predicted octanol–water partition coefficient (Wildman–Crippen LogP) is 6.20. The molecule has 16 heavy (non-hydrogen) atoms. The molecule has 0 aromatic carbocycles. The van der Waals surface area contributed by atoms with Gasteiger partial charge in [0, 0.05) is 0 Å². The second-order valence-electron chi connectivity index (χ2n) is 5.76. The Hall–Kier alpha value is 0. The highest BCUT2D eigenvalue weighted by atomic mass is 14.1.